The fraction of sp³-hybridized carbons (Fsp3) is 0.655. The van der Waals surface area contributed by atoms with Crippen molar-refractivity contribution in [1.29, 1.82) is 0 Å². The molecule has 9 aliphatic carbocycles. The van der Waals surface area contributed by atoms with Gasteiger partial charge in [-0.15, -0.1) is 0 Å². The molecule has 0 saturated heterocycles. The van der Waals surface area contributed by atoms with Gasteiger partial charge in [-0.3, -0.25) is 0 Å². The summed E-state index contributed by atoms with van der Waals surface area (Å²) in [5, 5.41) is 13.0. The summed E-state index contributed by atoms with van der Waals surface area (Å²) in [6.07, 6.45) is 13.8. The predicted octanol–water partition coefficient (Wildman–Crippen LogP) is 6.39. The zero-order valence-corrected chi connectivity index (χ0v) is 18.0. The number of aliphatic hydroxyl groups is 1. The third-order valence-corrected chi connectivity index (χ3v) is 10.8. The fourth-order valence-corrected chi connectivity index (χ4v) is 10.4. The lowest BCUT2D eigenvalue weighted by Gasteiger charge is -2.42. The number of hydrogen-bond donors (Lipinski definition) is 1. The van der Waals surface area contributed by atoms with Gasteiger partial charge in [0.2, 0.25) is 0 Å². The highest BCUT2D eigenvalue weighted by Crippen LogP contribution is 2.69. The first kappa shape index (κ1) is 17.2. The predicted molar refractivity (Wildman–Crippen MR) is 119 cm³/mol. The summed E-state index contributed by atoms with van der Waals surface area (Å²) in [7, 11) is 0. The van der Waals surface area contributed by atoms with E-state index in [1.165, 1.54) is 75.3 Å². The molecule has 1 N–H and O–H groups in total. The van der Waals surface area contributed by atoms with E-state index in [-0.39, 0.29) is 0 Å². The minimum absolute atomic E-state index is 0.459. The van der Waals surface area contributed by atoms with E-state index in [0.29, 0.717) is 17.8 Å². The maximum absolute atomic E-state index is 13.0. The fourth-order valence-electron chi connectivity index (χ4n) is 10.4. The highest BCUT2D eigenvalue weighted by Gasteiger charge is 2.62. The molecule has 8 bridgehead atoms. The largest absolute Gasteiger partial charge is 0.380 e. The molecule has 0 aliphatic heterocycles. The second-order valence-electron chi connectivity index (χ2n) is 12.4. The van der Waals surface area contributed by atoms with Gasteiger partial charge in [-0.25, -0.2) is 0 Å². The minimum atomic E-state index is -0.657. The van der Waals surface area contributed by atoms with Crippen molar-refractivity contribution in [2.24, 2.45) is 47.3 Å². The van der Waals surface area contributed by atoms with Gasteiger partial charge >= 0.3 is 0 Å². The lowest BCUT2D eigenvalue weighted by atomic mass is 9.64. The Kier molecular flexibility index (Phi) is 3.28. The second-order valence-corrected chi connectivity index (χ2v) is 12.4. The van der Waals surface area contributed by atoms with Crippen molar-refractivity contribution in [2.75, 3.05) is 0 Å². The Labute approximate surface area is 180 Å². The smallest absolute Gasteiger partial charge is 0.115 e. The standard InChI is InChI=1S/C29H34O/c30-29-24-14-18-7-19(15-24)13-23(12-18)28(29)26-22-10-16-6-17(11-22)9-21(8-16)25(26)27(29)20-4-2-1-3-5-20/h1-5,16-19,21-24,30H,6-15H2/t16?,17?,18?,19?,21?,22?,23?,24?,29-/m1/s1. The lowest BCUT2D eigenvalue weighted by Crippen LogP contribution is -2.41. The van der Waals surface area contributed by atoms with Gasteiger partial charge in [0.25, 0.3) is 0 Å². The molecule has 1 nitrogen and oxygen atoms in total. The van der Waals surface area contributed by atoms with Gasteiger partial charge in [0.1, 0.15) is 5.60 Å². The Bertz CT molecular complexity index is 957. The minimum Gasteiger partial charge on any atom is -0.380 e. The van der Waals surface area contributed by atoms with Gasteiger partial charge in [-0.05, 0) is 139 Å². The van der Waals surface area contributed by atoms with E-state index >= 15 is 0 Å². The molecule has 30 heavy (non-hydrogen) atoms. The van der Waals surface area contributed by atoms with Crippen molar-refractivity contribution in [3.05, 3.63) is 52.6 Å². The normalized spacial score (nSPS) is 50.0. The first-order valence-electron chi connectivity index (χ1n) is 13.0. The van der Waals surface area contributed by atoms with Crippen LogP contribution in [0.3, 0.4) is 0 Å². The summed E-state index contributed by atoms with van der Waals surface area (Å²) in [5.41, 5.74) is 7.10. The van der Waals surface area contributed by atoms with E-state index in [9.17, 15) is 5.11 Å². The molecule has 8 fully saturated rings. The van der Waals surface area contributed by atoms with Crippen LogP contribution in [-0.2, 0) is 0 Å². The molecule has 0 heterocycles. The van der Waals surface area contributed by atoms with Gasteiger partial charge in [-0.2, -0.15) is 0 Å². The molecule has 0 spiro atoms. The van der Waals surface area contributed by atoms with Crippen LogP contribution >= 0.6 is 0 Å². The molecule has 0 amide bonds. The Morgan fingerprint density at radius 2 is 1.13 bits per heavy atom. The average Bonchev–Trinajstić information content (AvgIpc) is 2.82. The van der Waals surface area contributed by atoms with Crippen LogP contribution in [0.25, 0.3) is 5.57 Å². The summed E-state index contributed by atoms with van der Waals surface area (Å²) < 4.78 is 0. The Balaban J connectivity index is 1.45. The van der Waals surface area contributed by atoms with Crippen molar-refractivity contribution in [2.45, 2.75) is 69.8 Å². The lowest BCUT2D eigenvalue weighted by molar-refractivity contribution is 0.0359. The van der Waals surface area contributed by atoms with Gasteiger partial charge in [0, 0.05) is 0 Å². The van der Waals surface area contributed by atoms with Gasteiger partial charge in [-0.1, -0.05) is 30.3 Å². The molecule has 156 valence electrons. The average molecular weight is 399 g/mol. The summed E-state index contributed by atoms with van der Waals surface area (Å²) in [6, 6.07) is 11.2. The van der Waals surface area contributed by atoms with Crippen LogP contribution in [0.1, 0.15) is 69.8 Å². The quantitative estimate of drug-likeness (QED) is 0.581. The first-order chi connectivity index (χ1) is 14.7. The number of benzene rings is 1. The molecule has 4 unspecified atom stereocenters. The highest BCUT2D eigenvalue weighted by molar-refractivity contribution is 5.87. The molecular weight excluding hydrogens is 364 g/mol. The van der Waals surface area contributed by atoms with Gasteiger partial charge < -0.3 is 5.11 Å². The van der Waals surface area contributed by atoms with Crippen LogP contribution < -0.4 is 0 Å². The molecule has 5 atom stereocenters. The second kappa shape index (κ2) is 5.71. The van der Waals surface area contributed by atoms with Crippen LogP contribution in [0.4, 0.5) is 0 Å². The van der Waals surface area contributed by atoms with Crippen molar-refractivity contribution in [3.63, 3.8) is 0 Å². The SMILES string of the molecule is O[C@]12C(c3ccccc3)=C3C(=C1C1CC4CC(C1)CC2C4)C1CC2CC(CC3C2)C1. The molecular formula is C29H34O. The van der Waals surface area contributed by atoms with Crippen LogP contribution in [0.5, 0.6) is 0 Å². The van der Waals surface area contributed by atoms with Gasteiger partial charge in [0.05, 0.1) is 0 Å². The van der Waals surface area contributed by atoms with Crippen LogP contribution in [0.15, 0.2) is 47.1 Å². The first-order valence-corrected chi connectivity index (χ1v) is 13.0. The molecule has 1 heteroatoms. The van der Waals surface area contributed by atoms with Crippen LogP contribution in [0, 0.1) is 47.3 Å². The molecule has 1 aromatic carbocycles. The monoisotopic (exact) mass is 398 g/mol. The van der Waals surface area contributed by atoms with Crippen LogP contribution in [-0.4, -0.2) is 10.7 Å². The number of allylic oxidation sites excluding steroid dienone is 2. The zero-order valence-electron chi connectivity index (χ0n) is 18.0. The maximum atomic E-state index is 13.0. The number of hydrogen-bond acceptors (Lipinski definition) is 1. The summed E-state index contributed by atoms with van der Waals surface area (Å²) in [4.78, 5) is 0. The van der Waals surface area contributed by atoms with E-state index < -0.39 is 5.60 Å². The molecule has 10 rings (SSSR count). The number of rotatable bonds is 1. The maximum Gasteiger partial charge on any atom is 0.115 e. The zero-order chi connectivity index (χ0) is 19.6. The van der Waals surface area contributed by atoms with Crippen molar-refractivity contribution in [3.8, 4) is 0 Å². The summed E-state index contributed by atoms with van der Waals surface area (Å²) >= 11 is 0. The van der Waals surface area contributed by atoms with E-state index in [1.54, 1.807) is 16.7 Å². The molecule has 0 aromatic heterocycles. The van der Waals surface area contributed by atoms with Crippen molar-refractivity contribution < 1.29 is 5.11 Å². The third-order valence-electron chi connectivity index (χ3n) is 10.8. The molecule has 9 aliphatic rings. The van der Waals surface area contributed by atoms with Crippen molar-refractivity contribution in [1.82, 2.24) is 0 Å². The molecule has 8 saturated carbocycles. The Hall–Kier alpha value is -1.34. The van der Waals surface area contributed by atoms with Crippen molar-refractivity contribution >= 4 is 5.57 Å². The molecule has 1 aromatic rings. The van der Waals surface area contributed by atoms with E-state index in [1.807, 2.05) is 0 Å². The Morgan fingerprint density at radius 3 is 1.77 bits per heavy atom. The van der Waals surface area contributed by atoms with E-state index in [4.69, 9.17) is 0 Å². The van der Waals surface area contributed by atoms with Crippen LogP contribution in [0.2, 0.25) is 0 Å². The van der Waals surface area contributed by atoms with Gasteiger partial charge in [0.15, 0.2) is 0 Å². The summed E-state index contributed by atoms with van der Waals surface area (Å²) in [6.45, 7) is 0. The van der Waals surface area contributed by atoms with E-state index in [2.05, 4.69) is 30.3 Å². The highest BCUT2D eigenvalue weighted by atomic mass is 16.3. The third kappa shape index (κ3) is 2.04. The topological polar surface area (TPSA) is 20.2 Å². The summed E-state index contributed by atoms with van der Waals surface area (Å²) in [5.74, 6) is 6.21. The molecule has 0 radical (unpaired) electrons. The Morgan fingerprint density at radius 1 is 0.600 bits per heavy atom. The van der Waals surface area contributed by atoms with E-state index in [0.717, 1.165) is 29.6 Å².